The Labute approximate surface area is 211 Å². The van der Waals surface area contributed by atoms with E-state index >= 15 is 0 Å². The Morgan fingerprint density at radius 1 is 1.08 bits per heavy atom. The summed E-state index contributed by atoms with van der Waals surface area (Å²) in [5.74, 6) is -2.19. The maximum Gasteiger partial charge on any atom is 0.490 e. The van der Waals surface area contributed by atoms with Crippen molar-refractivity contribution in [2.75, 3.05) is 39.3 Å². The minimum absolute atomic E-state index is 0.0365. The summed E-state index contributed by atoms with van der Waals surface area (Å²) in [6.45, 7) is 10.1. The molecule has 1 fully saturated rings. The van der Waals surface area contributed by atoms with Crippen molar-refractivity contribution in [2.24, 2.45) is 5.92 Å². The number of piperazine rings is 1. The molecule has 0 atom stereocenters. The van der Waals surface area contributed by atoms with Crippen molar-refractivity contribution in [1.82, 2.24) is 14.5 Å². The fourth-order valence-electron chi connectivity index (χ4n) is 3.60. The summed E-state index contributed by atoms with van der Waals surface area (Å²) >= 11 is 0. The van der Waals surface area contributed by atoms with Gasteiger partial charge in [0, 0.05) is 45.7 Å². The van der Waals surface area contributed by atoms with Crippen LogP contribution in [0.25, 0.3) is 0 Å². The number of nitrogens with zero attached hydrogens (tertiary/aromatic N) is 2. The number of carboxylic acid groups (broad SMARTS) is 1. The van der Waals surface area contributed by atoms with Gasteiger partial charge < -0.3 is 15.3 Å². The fraction of sp³-hybridized carbons (Fsp3) is 0.667. The highest BCUT2D eigenvalue weighted by Gasteiger charge is 2.38. The number of carbonyl (C=O) groups excluding carboxylic acids is 1. The lowest BCUT2D eigenvalue weighted by atomic mass is 10.0. The highest BCUT2D eigenvalue weighted by atomic mass is 32.2. The number of hydrogen-bond acceptors (Lipinski definition) is 5. The first kappa shape index (κ1) is 31.8. The third-order valence-electron chi connectivity index (χ3n) is 5.50. The van der Waals surface area contributed by atoms with Gasteiger partial charge in [-0.3, -0.25) is 4.79 Å². The summed E-state index contributed by atoms with van der Waals surface area (Å²) < 4.78 is 59.7. The smallest absolute Gasteiger partial charge is 0.475 e. The van der Waals surface area contributed by atoms with Crippen LogP contribution in [-0.4, -0.2) is 80.1 Å². The summed E-state index contributed by atoms with van der Waals surface area (Å²) in [4.78, 5) is 23.6. The average Bonchev–Trinajstić information content (AvgIpc) is 2.81. The van der Waals surface area contributed by atoms with Crippen molar-refractivity contribution in [3.05, 3.63) is 29.8 Å². The standard InChI is InChI=1S/C22H37N3O3S.C2HF3O2/c1-4-5-6-14-25(15-11-22(26)24-16-12-23-13-17-24)29(27,28)21-9-7-20(8-10-21)18-19(2)3;3-2(4,5)1(6)7/h7-10,19,23H,4-6,11-18H2,1-3H3;(H,6,7). The van der Waals surface area contributed by atoms with E-state index in [0.717, 1.165) is 44.3 Å². The van der Waals surface area contributed by atoms with Gasteiger partial charge in [-0.25, -0.2) is 13.2 Å². The minimum atomic E-state index is -5.08. The SMILES string of the molecule is CCCCCN(CCC(=O)N1CCNCC1)S(=O)(=O)c1ccc(CC(C)C)cc1.O=C(O)C(F)(F)F. The van der Waals surface area contributed by atoms with Crippen LogP contribution in [0.1, 0.15) is 52.0 Å². The molecule has 1 aromatic rings. The van der Waals surface area contributed by atoms with Crippen LogP contribution in [-0.2, 0) is 26.0 Å². The van der Waals surface area contributed by atoms with Crippen LogP contribution in [0.5, 0.6) is 0 Å². The van der Waals surface area contributed by atoms with E-state index in [1.165, 1.54) is 4.31 Å². The normalized spacial score (nSPS) is 14.5. The molecule has 2 rings (SSSR count). The maximum atomic E-state index is 13.2. The number of alkyl halides is 3. The fourth-order valence-corrected chi connectivity index (χ4v) is 5.08. The zero-order valence-corrected chi connectivity index (χ0v) is 22.0. The molecule has 1 saturated heterocycles. The topological polar surface area (TPSA) is 107 Å². The summed E-state index contributed by atoms with van der Waals surface area (Å²) in [6.07, 6.45) is -1.11. The van der Waals surface area contributed by atoms with Crippen LogP contribution in [0.4, 0.5) is 13.2 Å². The quantitative estimate of drug-likeness (QED) is 0.419. The lowest BCUT2D eigenvalue weighted by Crippen LogP contribution is -2.47. The molecule has 2 N–H and O–H groups in total. The van der Waals surface area contributed by atoms with Crippen molar-refractivity contribution in [3.63, 3.8) is 0 Å². The maximum absolute atomic E-state index is 13.2. The lowest BCUT2D eigenvalue weighted by molar-refractivity contribution is -0.192. The van der Waals surface area contributed by atoms with Crippen LogP contribution in [0, 0.1) is 5.92 Å². The number of amides is 1. The van der Waals surface area contributed by atoms with Crippen molar-refractivity contribution in [1.29, 1.82) is 0 Å². The number of sulfonamides is 1. The third-order valence-corrected chi connectivity index (χ3v) is 7.42. The van der Waals surface area contributed by atoms with Gasteiger partial charge in [0.25, 0.3) is 0 Å². The monoisotopic (exact) mass is 537 g/mol. The molecule has 1 aliphatic heterocycles. The zero-order valence-electron chi connectivity index (χ0n) is 21.2. The highest BCUT2D eigenvalue weighted by Crippen LogP contribution is 2.19. The Hall–Kier alpha value is -2.18. The molecule has 36 heavy (non-hydrogen) atoms. The molecule has 0 bridgehead atoms. The number of carbonyl (C=O) groups is 2. The molecule has 0 radical (unpaired) electrons. The number of rotatable bonds is 11. The van der Waals surface area contributed by atoms with Gasteiger partial charge in [0.15, 0.2) is 0 Å². The Kier molecular flexibility index (Phi) is 13.4. The van der Waals surface area contributed by atoms with Crippen LogP contribution < -0.4 is 5.32 Å². The van der Waals surface area contributed by atoms with Gasteiger partial charge in [-0.15, -0.1) is 0 Å². The van der Waals surface area contributed by atoms with E-state index in [0.29, 0.717) is 30.4 Å². The Morgan fingerprint density at radius 3 is 2.11 bits per heavy atom. The highest BCUT2D eigenvalue weighted by molar-refractivity contribution is 7.89. The molecule has 0 unspecified atom stereocenters. The van der Waals surface area contributed by atoms with E-state index in [2.05, 4.69) is 26.1 Å². The number of benzene rings is 1. The first-order valence-corrected chi connectivity index (χ1v) is 13.6. The number of nitrogens with one attached hydrogen (secondary N) is 1. The second-order valence-electron chi connectivity index (χ2n) is 9.04. The third kappa shape index (κ3) is 11.3. The van der Waals surface area contributed by atoms with Gasteiger partial charge in [-0.1, -0.05) is 45.7 Å². The molecule has 206 valence electrons. The molecule has 12 heteroatoms. The van der Waals surface area contributed by atoms with Crippen molar-refractivity contribution in [3.8, 4) is 0 Å². The van der Waals surface area contributed by atoms with Gasteiger partial charge in [0.2, 0.25) is 15.9 Å². The molecule has 1 aromatic carbocycles. The van der Waals surface area contributed by atoms with Gasteiger partial charge in [-0.2, -0.15) is 17.5 Å². The first-order chi connectivity index (χ1) is 16.8. The average molecular weight is 538 g/mol. The summed E-state index contributed by atoms with van der Waals surface area (Å²) in [5, 5.41) is 10.4. The Morgan fingerprint density at radius 2 is 1.64 bits per heavy atom. The Bertz CT molecular complexity index is 916. The molecule has 0 aliphatic carbocycles. The Balaban J connectivity index is 0.000000809. The van der Waals surface area contributed by atoms with Gasteiger partial charge in [0.1, 0.15) is 0 Å². The van der Waals surface area contributed by atoms with E-state index in [1.807, 2.05) is 17.0 Å². The number of aliphatic carboxylic acids is 1. The molecule has 1 amide bonds. The lowest BCUT2D eigenvalue weighted by Gasteiger charge is -2.29. The van der Waals surface area contributed by atoms with Gasteiger partial charge in [-0.05, 0) is 36.5 Å². The second-order valence-corrected chi connectivity index (χ2v) is 11.0. The molecule has 1 heterocycles. The minimum Gasteiger partial charge on any atom is -0.475 e. The van der Waals surface area contributed by atoms with Gasteiger partial charge >= 0.3 is 12.1 Å². The van der Waals surface area contributed by atoms with Crippen LogP contribution in [0.15, 0.2) is 29.2 Å². The molecule has 8 nitrogen and oxygen atoms in total. The molecular weight excluding hydrogens is 499 g/mol. The number of halogens is 3. The van der Waals surface area contributed by atoms with E-state index in [-0.39, 0.29) is 18.9 Å². The molecular formula is C24H38F3N3O5S. The predicted molar refractivity (Wildman–Crippen MR) is 131 cm³/mol. The van der Waals surface area contributed by atoms with Crippen LogP contribution >= 0.6 is 0 Å². The second kappa shape index (κ2) is 15.2. The van der Waals surface area contributed by atoms with Crippen molar-refractivity contribution < 1.29 is 36.3 Å². The number of unbranched alkanes of at least 4 members (excludes halogenated alkanes) is 2. The van der Waals surface area contributed by atoms with E-state index < -0.39 is 22.2 Å². The van der Waals surface area contributed by atoms with Crippen molar-refractivity contribution >= 4 is 21.9 Å². The summed E-state index contributed by atoms with van der Waals surface area (Å²) in [5.41, 5.74) is 1.14. The van der Waals surface area contributed by atoms with E-state index in [1.54, 1.807) is 12.1 Å². The van der Waals surface area contributed by atoms with Crippen molar-refractivity contribution in [2.45, 2.75) is 63.9 Å². The van der Waals surface area contributed by atoms with Crippen LogP contribution in [0.2, 0.25) is 0 Å². The largest absolute Gasteiger partial charge is 0.490 e. The molecule has 0 saturated carbocycles. The predicted octanol–water partition coefficient (Wildman–Crippen LogP) is 3.52. The van der Waals surface area contributed by atoms with E-state index in [4.69, 9.17) is 9.90 Å². The summed E-state index contributed by atoms with van der Waals surface area (Å²) in [6, 6.07) is 7.22. The molecule has 0 aromatic heterocycles. The number of carboxylic acids is 1. The molecule has 0 spiro atoms. The molecule has 1 aliphatic rings. The van der Waals surface area contributed by atoms with Gasteiger partial charge in [0.05, 0.1) is 4.90 Å². The van der Waals surface area contributed by atoms with E-state index in [9.17, 15) is 26.4 Å². The summed E-state index contributed by atoms with van der Waals surface area (Å²) in [7, 11) is -3.60. The zero-order chi connectivity index (χ0) is 27.4. The number of hydrogen-bond donors (Lipinski definition) is 2. The van der Waals surface area contributed by atoms with Crippen LogP contribution in [0.3, 0.4) is 0 Å². The first-order valence-electron chi connectivity index (χ1n) is 12.2.